The molecule has 0 unspecified atom stereocenters. The van der Waals surface area contributed by atoms with Gasteiger partial charge in [-0.15, -0.1) is 0 Å². The van der Waals surface area contributed by atoms with Crippen LogP contribution >= 0.6 is 0 Å². The predicted molar refractivity (Wildman–Crippen MR) is 77.2 cm³/mol. The number of benzene rings is 1. The molecule has 1 fully saturated rings. The van der Waals surface area contributed by atoms with Crippen LogP contribution in [0.4, 0.5) is 0 Å². The van der Waals surface area contributed by atoms with Gasteiger partial charge in [0, 0.05) is 6.04 Å². The Hall–Kier alpha value is -2.30. The summed E-state index contributed by atoms with van der Waals surface area (Å²) in [7, 11) is 0. The van der Waals surface area contributed by atoms with Gasteiger partial charge in [-0.25, -0.2) is 9.78 Å². The minimum atomic E-state index is -0.309. The molecule has 1 aliphatic carbocycles. The summed E-state index contributed by atoms with van der Waals surface area (Å²) in [5.74, 6) is 0.419. The average molecular weight is 286 g/mol. The topological polar surface area (TPSA) is 53.4 Å². The van der Waals surface area contributed by atoms with E-state index in [9.17, 15) is 4.79 Å². The molecule has 0 N–H and O–H groups in total. The van der Waals surface area contributed by atoms with Crippen LogP contribution < -0.4 is 4.74 Å². The molecule has 5 nitrogen and oxygen atoms in total. The zero-order chi connectivity index (χ0) is 14.7. The van der Waals surface area contributed by atoms with Crippen LogP contribution in [0.2, 0.25) is 0 Å². The molecule has 1 aromatic heterocycles. The molecule has 3 rings (SSSR count). The Morgan fingerprint density at radius 1 is 1.33 bits per heavy atom. The zero-order valence-corrected chi connectivity index (χ0v) is 12.0. The van der Waals surface area contributed by atoms with Crippen molar-refractivity contribution in [1.29, 1.82) is 0 Å². The molecule has 5 heteroatoms. The third-order valence-corrected chi connectivity index (χ3v) is 3.44. The maximum Gasteiger partial charge on any atom is 0.338 e. The van der Waals surface area contributed by atoms with E-state index in [0.717, 1.165) is 11.4 Å². The lowest BCUT2D eigenvalue weighted by Gasteiger charge is -2.09. The average Bonchev–Trinajstić information content (AvgIpc) is 3.24. The highest BCUT2D eigenvalue weighted by Gasteiger charge is 2.25. The van der Waals surface area contributed by atoms with E-state index in [1.165, 1.54) is 12.8 Å². The molecule has 110 valence electrons. The molecule has 0 atom stereocenters. The summed E-state index contributed by atoms with van der Waals surface area (Å²) >= 11 is 0. The molecule has 21 heavy (non-hydrogen) atoms. The van der Waals surface area contributed by atoms with E-state index in [0.29, 0.717) is 24.8 Å². The lowest BCUT2D eigenvalue weighted by Crippen LogP contribution is -2.05. The first-order valence-corrected chi connectivity index (χ1v) is 7.18. The number of ether oxygens (including phenoxy) is 2. The molecule has 1 aliphatic rings. The third kappa shape index (κ3) is 3.24. The summed E-state index contributed by atoms with van der Waals surface area (Å²) in [6.07, 6.45) is 6.14. The monoisotopic (exact) mass is 286 g/mol. The number of aromatic nitrogens is 2. The van der Waals surface area contributed by atoms with Crippen molar-refractivity contribution in [2.45, 2.75) is 32.4 Å². The van der Waals surface area contributed by atoms with Gasteiger partial charge < -0.3 is 14.0 Å². The Balaban J connectivity index is 1.60. The standard InChI is InChI=1S/C16H18N2O3/c1-2-20-16(19)12-3-7-15(8-4-12)21-10-14-9-17-11-18(14)13-5-6-13/h3-4,7-9,11,13H,2,5-6,10H2,1H3. The van der Waals surface area contributed by atoms with Gasteiger partial charge in [-0.3, -0.25) is 0 Å². The number of imidazole rings is 1. The van der Waals surface area contributed by atoms with Gasteiger partial charge in [-0.1, -0.05) is 0 Å². The minimum Gasteiger partial charge on any atom is -0.487 e. The van der Waals surface area contributed by atoms with Crippen molar-refractivity contribution < 1.29 is 14.3 Å². The van der Waals surface area contributed by atoms with Crippen molar-refractivity contribution in [1.82, 2.24) is 9.55 Å². The van der Waals surface area contributed by atoms with Crippen LogP contribution in [0.5, 0.6) is 5.75 Å². The number of esters is 1. The summed E-state index contributed by atoms with van der Waals surface area (Å²) in [5.41, 5.74) is 1.61. The van der Waals surface area contributed by atoms with Gasteiger partial charge in [-0.2, -0.15) is 0 Å². The highest BCUT2D eigenvalue weighted by molar-refractivity contribution is 5.89. The third-order valence-electron chi connectivity index (χ3n) is 3.44. The second-order valence-electron chi connectivity index (χ2n) is 5.06. The van der Waals surface area contributed by atoms with E-state index in [1.54, 1.807) is 31.2 Å². The molecule has 0 radical (unpaired) electrons. The first-order chi connectivity index (χ1) is 10.3. The number of rotatable bonds is 6. The Bertz CT molecular complexity index is 615. The summed E-state index contributed by atoms with van der Waals surface area (Å²) < 4.78 is 12.9. The van der Waals surface area contributed by atoms with Crippen molar-refractivity contribution in [3.05, 3.63) is 48.0 Å². The summed E-state index contributed by atoms with van der Waals surface area (Å²) in [6, 6.07) is 7.59. The molecule has 0 aliphatic heterocycles. The predicted octanol–water partition coefficient (Wildman–Crippen LogP) is 2.97. The van der Waals surface area contributed by atoms with Crippen molar-refractivity contribution in [3.8, 4) is 5.75 Å². The van der Waals surface area contributed by atoms with Gasteiger partial charge in [0.15, 0.2) is 0 Å². The Labute approximate surface area is 123 Å². The van der Waals surface area contributed by atoms with E-state index in [2.05, 4.69) is 9.55 Å². The number of hydrogen-bond donors (Lipinski definition) is 0. The Morgan fingerprint density at radius 3 is 2.76 bits per heavy atom. The van der Waals surface area contributed by atoms with Crippen LogP contribution in [0.15, 0.2) is 36.8 Å². The van der Waals surface area contributed by atoms with Crippen LogP contribution in [-0.4, -0.2) is 22.1 Å². The van der Waals surface area contributed by atoms with Crippen LogP contribution in [0.3, 0.4) is 0 Å². The maximum absolute atomic E-state index is 11.6. The number of nitrogens with zero attached hydrogens (tertiary/aromatic N) is 2. The molecular formula is C16H18N2O3. The second-order valence-corrected chi connectivity index (χ2v) is 5.06. The normalized spacial score (nSPS) is 14.0. The quantitative estimate of drug-likeness (QED) is 0.766. The van der Waals surface area contributed by atoms with Crippen LogP contribution in [0.25, 0.3) is 0 Å². The lowest BCUT2D eigenvalue weighted by atomic mass is 10.2. The van der Waals surface area contributed by atoms with Crippen LogP contribution in [0.1, 0.15) is 41.9 Å². The fourth-order valence-electron chi connectivity index (χ4n) is 2.18. The van der Waals surface area contributed by atoms with Crippen molar-refractivity contribution in [2.75, 3.05) is 6.61 Å². The van der Waals surface area contributed by atoms with E-state index in [4.69, 9.17) is 9.47 Å². The lowest BCUT2D eigenvalue weighted by molar-refractivity contribution is 0.0526. The van der Waals surface area contributed by atoms with Gasteiger partial charge in [0.1, 0.15) is 12.4 Å². The highest BCUT2D eigenvalue weighted by Crippen LogP contribution is 2.35. The summed E-state index contributed by atoms with van der Waals surface area (Å²) in [6.45, 7) is 2.65. The van der Waals surface area contributed by atoms with Gasteiger partial charge in [0.25, 0.3) is 0 Å². The van der Waals surface area contributed by atoms with E-state index >= 15 is 0 Å². The Kier molecular flexibility index (Phi) is 3.90. The van der Waals surface area contributed by atoms with Crippen LogP contribution in [-0.2, 0) is 11.3 Å². The molecule has 0 saturated heterocycles. The second kappa shape index (κ2) is 5.99. The number of carbonyl (C=O) groups is 1. The highest BCUT2D eigenvalue weighted by atomic mass is 16.5. The molecule has 1 aromatic carbocycles. The minimum absolute atomic E-state index is 0.309. The van der Waals surface area contributed by atoms with E-state index in [-0.39, 0.29) is 5.97 Å². The molecule has 0 spiro atoms. The zero-order valence-electron chi connectivity index (χ0n) is 12.0. The largest absolute Gasteiger partial charge is 0.487 e. The van der Waals surface area contributed by atoms with Gasteiger partial charge in [0.05, 0.1) is 30.4 Å². The van der Waals surface area contributed by atoms with Gasteiger partial charge in [-0.05, 0) is 44.0 Å². The fraction of sp³-hybridized carbons (Fsp3) is 0.375. The van der Waals surface area contributed by atoms with Crippen LogP contribution in [0, 0.1) is 0 Å². The van der Waals surface area contributed by atoms with E-state index in [1.807, 2.05) is 12.5 Å². The first kappa shape index (κ1) is 13.7. The molecule has 0 bridgehead atoms. The summed E-state index contributed by atoms with van der Waals surface area (Å²) in [5, 5.41) is 0. The summed E-state index contributed by atoms with van der Waals surface area (Å²) in [4.78, 5) is 15.7. The van der Waals surface area contributed by atoms with Gasteiger partial charge in [0.2, 0.25) is 0 Å². The molecule has 2 aromatic rings. The number of carbonyl (C=O) groups excluding carboxylic acids is 1. The smallest absolute Gasteiger partial charge is 0.338 e. The molecule has 0 amide bonds. The van der Waals surface area contributed by atoms with Crippen molar-refractivity contribution in [2.24, 2.45) is 0 Å². The molecular weight excluding hydrogens is 268 g/mol. The fourth-order valence-corrected chi connectivity index (χ4v) is 2.18. The molecule has 1 heterocycles. The Morgan fingerprint density at radius 2 is 2.10 bits per heavy atom. The van der Waals surface area contributed by atoms with E-state index < -0.39 is 0 Å². The SMILES string of the molecule is CCOC(=O)c1ccc(OCc2cncn2C2CC2)cc1. The first-order valence-electron chi connectivity index (χ1n) is 7.18. The molecule has 1 saturated carbocycles. The van der Waals surface area contributed by atoms with Crippen molar-refractivity contribution >= 4 is 5.97 Å². The number of hydrogen-bond acceptors (Lipinski definition) is 4. The maximum atomic E-state index is 11.6. The van der Waals surface area contributed by atoms with Crippen molar-refractivity contribution in [3.63, 3.8) is 0 Å². The van der Waals surface area contributed by atoms with Gasteiger partial charge >= 0.3 is 5.97 Å².